The van der Waals surface area contributed by atoms with Crippen LogP contribution in [0.3, 0.4) is 0 Å². The molecule has 3 heterocycles. The number of ether oxygens (including phenoxy) is 1. The van der Waals surface area contributed by atoms with Gasteiger partial charge in [-0.1, -0.05) is 0 Å². The molecule has 6 nitrogen and oxygen atoms in total. The van der Waals surface area contributed by atoms with Crippen LogP contribution < -0.4 is 10.1 Å². The van der Waals surface area contributed by atoms with Crippen LogP contribution >= 0.6 is 11.8 Å². The second-order valence-corrected chi connectivity index (χ2v) is 5.66. The number of anilines is 1. The Morgan fingerprint density at radius 1 is 1.29 bits per heavy atom. The van der Waals surface area contributed by atoms with Crippen molar-refractivity contribution in [2.24, 2.45) is 0 Å². The van der Waals surface area contributed by atoms with Gasteiger partial charge >= 0.3 is 0 Å². The Balaban J connectivity index is 1.62. The highest BCUT2D eigenvalue weighted by Gasteiger charge is 2.17. The number of nitrogens with one attached hydrogen (secondary N) is 1. The number of nitrogens with zero attached hydrogens (tertiary/aromatic N) is 3. The zero-order valence-electron chi connectivity index (χ0n) is 11.2. The summed E-state index contributed by atoms with van der Waals surface area (Å²) in [7, 11) is 0. The smallest absolute Gasteiger partial charge is 0.259 e. The first-order valence-electron chi connectivity index (χ1n) is 6.60. The Bertz CT molecular complexity index is 600. The molecule has 2 aromatic rings. The molecule has 1 fully saturated rings. The third-order valence-corrected chi connectivity index (χ3v) is 4.10. The summed E-state index contributed by atoms with van der Waals surface area (Å²) in [6, 6.07) is 5.08. The maximum Gasteiger partial charge on any atom is 0.259 e. The summed E-state index contributed by atoms with van der Waals surface area (Å²) in [6.45, 7) is 0. The van der Waals surface area contributed by atoms with Crippen molar-refractivity contribution in [1.82, 2.24) is 15.0 Å². The molecule has 0 radical (unpaired) electrons. The van der Waals surface area contributed by atoms with E-state index in [2.05, 4.69) is 20.3 Å². The van der Waals surface area contributed by atoms with Gasteiger partial charge in [0.15, 0.2) is 0 Å². The van der Waals surface area contributed by atoms with Gasteiger partial charge in [-0.15, -0.1) is 0 Å². The van der Waals surface area contributed by atoms with Crippen LogP contribution in [0.5, 0.6) is 5.88 Å². The number of carbonyl (C=O) groups excluding carboxylic acids is 1. The molecule has 1 atom stereocenters. The fourth-order valence-corrected chi connectivity index (χ4v) is 2.99. The van der Waals surface area contributed by atoms with Crippen LogP contribution in [-0.4, -0.2) is 38.5 Å². The minimum atomic E-state index is -0.295. The largest absolute Gasteiger partial charge is 0.473 e. The highest BCUT2D eigenvalue weighted by molar-refractivity contribution is 7.99. The molecular weight excluding hydrogens is 288 g/mol. The van der Waals surface area contributed by atoms with Crippen LogP contribution in [0.15, 0.2) is 36.8 Å². The molecular formula is C14H14N4O2S. The van der Waals surface area contributed by atoms with E-state index in [4.69, 9.17) is 4.74 Å². The highest BCUT2D eigenvalue weighted by Crippen LogP contribution is 2.22. The molecule has 1 aliphatic rings. The van der Waals surface area contributed by atoms with Crippen LogP contribution in [0.2, 0.25) is 0 Å². The number of carbonyl (C=O) groups is 1. The molecule has 2 aromatic heterocycles. The van der Waals surface area contributed by atoms with E-state index >= 15 is 0 Å². The Hall–Kier alpha value is -2.15. The van der Waals surface area contributed by atoms with E-state index in [1.165, 1.54) is 6.20 Å². The predicted octanol–water partition coefficient (Wildman–Crippen LogP) is 2.01. The molecule has 108 valence electrons. The lowest BCUT2D eigenvalue weighted by Crippen LogP contribution is -2.17. The summed E-state index contributed by atoms with van der Waals surface area (Å²) in [5, 5.41) is 2.61. The van der Waals surface area contributed by atoms with Crippen LogP contribution in [0.4, 0.5) is 5.95 Å². The maximum absolute atomic E-state index is 12.0. The van der Waals surface area contributed by atoms with Crippen molar-refractivity contribution in [2.75, 3.05) is 16.8 Å². The highest BCUT2D eigenvalue weighted by atomic mass is 32.2. The topological polar surface area (TPSA) is 77.0 Å². The third kappa shape index (κ3) is 3.69. The van der Waals surface area contributed by atoms with E-state index in [-0.39, 0.29) is 18.0 Å². The van der Waals surface area contributed by atoms with Crippen molar-refractivity contribution < 1.29 is 9.53 Å². The number of hydrogen-bond acceptors (Lipinski definition) is 6. The minimum absolute atomic E-state index is 0.222. The van der Waals surface area contributed by atoms with Gasteiger partial charge in [-0.05, 0) is 24.3 Å². The number of pyridine rings is 1. The SMILES string of the molecule is O=C(Nc1ncccn1)c1ccc(OC2CCSC2)nc1. The first kappa shape index (κ1) is 13.8. The number of rotatable bonds is 4. The lowest BCUT2D eigenvalue weighted by Gasteiger charge is -2.11. The first-order valence-corrected chi connectivity index (χ1v) is 7.75. The number of amides is 1. The average molecular weight is 302 g/mol. The Kier molecular flexibility index (Phi) is 4.30. The van der Waals surface area contributed by atoms with Gasteiger partial charge in [-0.2, -0.15) is 11.8 Å². The van der Waals surface area contributed by atoms with E-state index in [0.29, 0.717) is 11.4 Å². The summed E-state index contributed by atoms with van der Waals surface area (Å²) in [5.41, 5.74) is 0.440. The van der Waals surface area contributed by atoms with Gasteiger partial charge in [0.05, 0.1) is 5.56 Å². The van der Waals surface area contributed by atoms with Crippen molar-refractivity contribution in [3.63, 3.8) is 0 Å². The Labute approximate surface area is 126 Å². The molecule has 1 amide bonds. The zero-order valence-corrected chi connectivity index (χ0v) is 12.0. The lowest BCUT2D eigenvalue weighted by molar-refractivity contribution is 0.102. The molecule has 0 bridgehead atoms. The van der Waals surface area contributed by atoms with E-state index in [0.717, 1.165) is 17.9 Å². The van der Waals surface area contributed by atoms with Gasteiger partial charge in [0, 0.05) is 30.4 Å². The van der Waals surface area contributed by atoms with Gasteiger partial charge in [0.1, 0.15) is 6.10 Å². The molecule has 0 spiro atoms. The van der Waals surface area contributed by atoms with E-state index in [1.807, 2.05) is 11.8 Å². The molecule has 3 rings (SSSR count). The molecule has 1 N–H and O–H groups in total. The maximum atomic E-state index is 12.0. The lowest BCUT2D eigenvalue weighted by atomic mass is 10.2. The summed E-state index contributed by atoms with van der Waals surface area (Å²) in [6.07, 6.45) is 5.89. The van der Waals surface area contributed by atoms with Crippen molar-refractivity contribution in [3.05, 3.63) is 42.4 Å². The molecule has 1 aliphatic heterocycles. The van der Waals surface area contributed by atoms with E-state index in [9.17, 15) is 4.79 Å². The fourth-order valence-electron chi connectivity index (χ4n) is 1.90. The van der Waals surface area contributed by atoms with Crippen LogP contribution in [0, 0.1) is 0 Å². The molecule has 1 unspecified atom stereocenters. The average Bonchev–Trinajstić information content (AvgIpc) is 3.02. The Morgan fingerprint density at radius 3 is 2.81 bits per heavy atom. The third-order valence-electron chi connectivity index (χ3n) is 2.96. The zero-order chi connectivity index (χ0) is 14.5. The van der Waals surface area contributed by atoms with Crippen molar-refractivity contribution in [3.8, 4) is 5.88 Å². The van der Waals surface area contributed by atoms with Gasteiger partial charge in [0.2, 0.25) is 11.8 Å². The van der Waals surface area contributed by atoms with E-state index in [1.54, 1.807) is 30.6 Å². The molecule has 21 heavy (non-hydrogen) atoms. The summed E-state index contributed by atoms with van der Waals surface area (Å²) in [4.78, 5) is 24.0. The van der Waals surface area contributed by atoms with E-state index < -0.39 is 0 Å². The molecule has 0 aliphatic carbocycles. The first-order chi connectivity index (χ1) is 10.3. The number of thioether (sulfide) groups is 1. The summed E-state index contributed by atoms with van der Waals surface area (Å²) < 4.78 is 5.74. The number of hydrogen-bond donors (Lipinski definition) is 1. The van der Waals surface area contributed by atoms with Gasteiger partial charge in [-0.3, -0.25) is 10.1 Å². The molecule has 1 saturated heterocycles. The Morgan fingerprint density at radius 2 is 2.14 bits per heavy atom. The minimum Gasteiger partial charge on any atom is -0.473 e. The quantitative estimate of drug-likeness (QED) is 0.931. The van der Waals surface area contributed by atoms with Crippen molar-refractivity contribution in [2.45, 2.75) is 12.5 Å². The van der Waals surface area contributed by atoms with Gasteiger partial charge in [-0.25, -0.2) is 15.0 Å². The summed E-state index contributed by atoms with van der Waals surface area (Å²) >= 11 is 1.88. The van der Waals surface area contributed by atoms with Crippen LogP contribution in [0.25, 0.3) is 0 Å². The van der Waals surface area contributed by atoms with Crippen molar-refractivity contribution in [1.29, 1.82) is 0 Å². The second kappa shape index (κ2) is 6.53. The monoisotopic (exact) mass is 302 g/mol. The fraction of sp³-hybridized carbons (Fsp3) is 0.286. The van der Waals surface area contributed by atoms with Crippen LogP contribution in [0.1, 0.15) is 16.8 Å². The number of aromatic nitrogens is 3. The van der Waals surface area contributed by atoms with Gasteiger partial charge in [0.25, 0.3) is 5.91 Å². The molecule has 0 saturated carbocycles. The predicted molar refractivity (Wildman–Crippen MR) is 80.6 cm³/mol. The molecule has 0 aromatic carbocycles. The van der Waals surface area contributed by atoms with Gasteiger partial charge < -0.3 is 4.74 Å². The summed E-state index contributed by atoms with van der Waals surface area (Å²) in [5.74, 6) is 2.65. The standard InChI is InChI=1S/C14H14N4O2S/c19-13(18-14-15-5-1-6-16-14)10-2-3-12(17-8-10)20-11-4-7-21-9-11/h1-3,5-6,8,11H,4,7,9H2,(H,15,16,18,19). The molecule has 7 heteroatoms. The van der Waals surface area contributed by atoms with Crippen LogP contribution in [-0.2, 0) is 0 Å². The van der Waals surface area contributed by atoms with Crippen molar-refractivity contribution >= 4 is 23.6 Å². The normalized spacial score (nSPS) is 17.4. The second-order valence-electron chi connectivity index (χ2n) is 4.52.